The molecular weight excluding hydrogens is 802 g/mol. The summed E-state index contributed by atoms with van der Waals surface area (Å²) in [7, 11) is -7.25. The fourth-order valence-electron chi connectivity index (χ4n) is 5.07. The molecule has 0 aromatic rings. The van der Waals surface area contributed by atoms with Gasteiger partial charge >= 0.3 is 15.2 Å². The third-order valence-electron chi connectivity index (χ3n) is 8.59. The van der Waals surface area contributed by atoms with E-state index in [9.17, 15) is 48.0 Å². The van der Waals surface area contributed by atoms with Crippen molar-refractivity contribution in [3.63, 3.8) is 0 Å². The number of hydrogen-bond donors (Lipinski definition) is 5. The standard InChI is InChI=1S/C33H60N4O14P2S2/c1-24(2)52(44,45)50-14-7-5-6-10-34-28(38)8-20-54-26-22-30(40)36(32(26)42)12-16-48-18-19-49-17-13-37-31(41)23-27(33(37)43)55-21-9-29(39)35-11-15-51-53(46,47)25(3)4/h24-27,33,43H,5-23H2,1-4H3,(H,34,38)(H,35,39)(H,44,45)(H,46,47). The van der Waals surface area contributed by atoms with Gasteiger partial charge in [-0.3, -0.25) is 38.0 Å². The second-order valence-electron chi connectivity index (χ2n) is 13.5. The first kappa shape index (κ1) is 49.6. The first-order valence-corrected chi connectivity index (χ1v) is 24.0. The number of aliphatic hydroxyl groups excluding tert-OH is 1. The van der Waals surface area contributed by atoms with E-state index < -0.39 is 43.2 Å². The zero-order valence-electron chi connectivity index (χ0n) is 32.3. The molecule has 5 unspecified atom stereocenters. The van der Waals surface area contributed by atoms with E-state index in [-0.39, 0.29) is 114 Å². The first-order chi connectivity index (χ1) is 26.0. The summed E-state index contributed by atoms with van der Waals surface area (Å²) in [4.78, 5) is 83.6. The Bertz CT molecular complexity index is 1350. The molecule has 0 radical (unpaired) electrons. The zero-order chi connectivity index (χ0) is 41.0. The zero-order valence-corrected chi connectivity index (χ0v) is 35.7. The predicted molar refractivity (Wildman–Crippen MR) is 209 cm³/mol. The third-order valence-corrected chi connectivity index (χ3v) is 14.8. The molecule has 55 heavy (non-hydrogen) atoms. The fraction of sp³-hybridized carbons (Fsp3) is 0.848. The highest BCUT2D eigenvalue weighted by molar-refractivity contribution is 8.00. The van der Waals surface area contributed by atoms with Crippen molar-refractivity contribution in [3.05, 3.63) is 0 Å². The van der Waals surface area contributed by atoms with Gasteiger partial charge in [-0.15, -0.1) is 11.8 Å². The quantitative estimate of drug-likeness (QED) is 0.0393. The number of hydrogen-bond acceptors (Lipinski definition) is 14. The van der Waals surface area contributed by atoms with Gasteiger partial charge in [0.2, 0.25) is 29.5 Å². The van der Waals surface area contributed by atoms with Gasteiger partial charge in [0.15, 0.2) is 0 Å². The normalized spacial score (nSPS) is 21.1. The summed E-state index contributed by atoms with van der Waals surface area (Å²) < 4.78 is 44.6. The van der Waals surface area contributed by atoms with Crippen LogP contribution in [0.5, 0.6) is 0 Å². The fourth-order valence-corrected chi connectivity index (χ4v) is 8.71. The van der Waals surface area contributed by atoms with Gasteiger partial charge in [-0.1, -0.05) is 27.7 Å². The van der Waals surface area contributed by atoms with Crippen LogP contribution in [0.2, 0.25) is 0 Å². The van der Waals surface area contributed by atoms with E-state index in [0.717, 1.165) is 6.42 Å². The molecule has 2 heterocycles. The third kappa shape index (κ3) is 18.7. The number of nitrogens with zero attached hydrogens (tertiary/aromatic N) is 2. The first-order valence-electron chi connectivity index (χ1n) is 18.6. The van der Waals surface area contributed by atoms with E-state index in [1.807, 2.05) is 0 Å². The summed E-state index contributed by atoms with van der Waals surface area (Å²) in [6.45, 7) is 8.02. The Hall–Kier alpha value is -1.57. The van der Waals surface area contributed by atoms with Crippen LogP contribution in [0, 0.1) is 0 Å². The molecule has 0 aliphatic carbocycles. The van der Waals surface area contributed by atoms with Crippen molar-refractivity contribution in [1.29, 1.82) is 0 Å². The van der Waals surface area contributed by atoms with Crippen molar-refractivity contribution in [2.45, 2.75) is 101 Å². The summed E-state index contributed by atoms with van der Waals surface area (Å²) >= 11 is 2.59. The molecule has 0 saturated carbocycles. The number of unbranched alkanes of at least 4 members (excludes halogenated alkanes) is 2. The number of imide groups is 1. The van der Waals surface area contributed by atoms with Crippen LogP contribution in [0.4, 0.5) is 0 Å². The van der Waals surface area contributed by atoms with Crippen LogP contribution in [-0.4, -0.2) is 160 Å². The van der Waals surface area contributed by atoms with Crippen molar-refractivity contribution in [3.8, 4) is 0 Å². The number of ether oxygens (including phenoxy) is 2. The summed E-state index contributed by atoms with van der Waals surface area (Å²) in [5.41, 5.74) is -0.986. The highest BCUT2D eigenvalue weighted by Gasteiger charge is 2.39. The molecule has 5 amide bonds. The molecule has 2 rings (SSSR count). The van der Waals surface area contributed by atoms with Gasteiger partial charge in [0.05, 0.1) is 68.0 Å². The number of likely N-dealkylation sites (tertiary alicyclic amines) is 2. The number of carbonyl (C=O) groups excluding carboxylic acids is 5. The number of aliphatic hydroxyl groups is 1. The van der Waals surface area contributed by atoms with Crippen LogP contribution in [0.25, 0.3) is 0 Å². The van der Waals surface area contributed by atoms with E-state index in [4.69, 9.17) is 18.5 Å². The molecule has 0 aromatic heterocycles. The largest absolute Gasteiger partial charge is 0.377 e. The second-order valence-corrected chi connectivity index (χ2v) is 21.0. The Morgan fingerprint density at radius 2 is 1.31 bits per heavy atom. The minimum atomic E-state index is -3.69. The molecule has 2 fully saturated rings. The van der Waals surface area contributed by atoms with E-state index in [2.05, 4.69) is 10.6 Å². The van der Waals surface area contributed by atoms with E-state index in [1.165, 1.54) is 33.3 Å². The van der Waals surface area contributed by atoms with Crippen molar-refractivity contribution < 1.29 is 66.5 Å². The number of thioether (sulfide) groups is 2. The summed E-state index contributed by atoms with van der Waals surface area (Å²) in [5, 5.41) is 15.1. The van der Waals surface area contributed by atoms with Crippen molar-refractivity contribution in [2.75, 3.05) is 77.3 Å². The molecule has 2 aliphatic heterocycles. The maximum Gasteiger partial charge on any atom is 0.330 e. The lowest BCUT2D eigenvalue weighted by Crippen LogP contribution is -2.38. The van der Waals surface area contributed by atoms with Crippen LogP contribution in [0.3, 0.4) is 0 Å². The van der Waals surface area contributed by atoms with Crippen LogP contribution in [0.1, 0.15) is 72.6 Å². The lowest BCUT2D eigenvalue weighted by molar-refractivity contribution is -0.139. The van der Waals surface area contributed by atoms with Gasteiger partial charge < -0.3 is 48.9 Å². The molecular formula is C33H60N4O14P2S2. The van der Waals surface area contributed by atoms with E-state index >= 15 is 0 Å². The Morgan fingerprint density at radius 1 is 0.745 bits per heavy atom. The Balaban J connectivity index is 1.49. The van der Waals surface area contributed by atoms with Crippen LogP contribution in [-0.2, 0) is 51.6 Å². The molecule has 0 spiro atoms. The van der Waals surface area contributed by atoms with Gasteiger partial charge in [-0.05, 0) is 19.3 Å². The molecule has 5 atom stereocenters. The minimum Gasteiger partial charge on any atom is -0.377 e. The Morgan fingerprint density at radius 3 is 1.93 bits per heavy atom. The molecule has 2 aliphatic rings. The average molecular weight is 863 g/mol. The molecule has 0 aromatic carbocycles. The van der Waals surface area contributed by atoms with Gasteiger partial charge in [0, 0.05) is 56.8 Å². The maximum atomic E-state index is 12.7. The molecule has 2 saturated heterocycles. The summed E-state index contributed by atoms with van der Waals surface area (Å²) in [6.07, 6.45) is 1.57. The second kappa shape index (κ2) is 25.7. The SMILES string of the molecule is CC(C)P(=O)(O)OCCCCCNC(=O)CCSC1CC(=O)N(CCOCCOCCN2C(=O)CC(SCCC(=O)NCCOP(=O)(O)C(C)C)C2O)C1=O. The van der Waals surface area contributed by atoms with Gasteiger partial charge in [0.25, 0.3) is 0 Å². The van der Waals surface area contributed by atoms with Crippen LogP contribution < -0.4 is 10.6 Å². The topological polar surface area (TPSA) is 248 Å². The van der Waals surface area contributed by atoms with Gasteiger partial charge in [-0.2, -0.15) is 11.8 Å². The number of amides is 5. The van der Waals surface area contributed by atoms with Crippen LogP contribution in [0.15, 0.2) is 0 Å². The maximum absolute atomic E-state index is 12.7. The molecule has 5 N–H and O–H groups in total. The number of rotatable bonds is 30. The van der Waals surface area contributed by atoms with Crippen molar-refractivity contribution in [2.24, 2.45) is 0 Å². The minimum absolute atomic E-state index is 0.0655. The van der Waals surface area contributed by atoms with Crippen molar-refractivity contribution >= 4 is 68.3 Å². The molecule has 318 valence electrons. The summed E-state index contributed by atoms with van der Waals surface area (Å²) in [6, 6.07) is 0. The van der Waals surface area contributed by atoms with Crippen LogP contribution >= 0.6 is 38.7 Å². The number of nitrogens with one attached hydrogen (secondary N) is 2. The highest BCUT2D eigenvalue weighted by Crippen LogP contribution is 2.47. The monoisotopic (exact) mass is 862 g/mol. The predicted octanol–water partition coefficient (Wildman–Crippen LogP) is 1.94. The lowest BCUT2D eigenvalue weighted by Gasteiger charge is -2.23. The van der Waals surface area contributed by atoms with Gasteiger partial charge in [-0.25, -0.2) is 0 Å². The van der Waals surface area contributed by atoms with E-state index in [0.29, 0.717) is 30.9 Å². The summed E-state index contributed by atoms with van der Waals surface area (Å²) in [5.74, 6) is -0.481. The highest BCUT2D eigenvalue weighted by atomic mass is 32.2. The lowest BCUT2D eigenvalue weighted by atomic mass is 10.2. The number of carbonyl (C=O) groups is 5. The molecule has 22 heteroatoms. The van der Waals surface area contributed by atoms with Gasteiger partial charge in [0.1, 0.15) is 6.23 Å². The Labute approximate surface area is 332 Å². The Kier molecular flexibility index (Phi) is 23.2. The van der Waals surface area contributed by atoms with Crippen molar-refractivity contribution in [1.82, 2.24) is 20.4 Å². The molecule has 0 bridgehead atoms. The van der Waals surface area contributed by atoms with E-state index in [1.54, 1.807) is 27.7 Å². The smallest absolute Gasteiger partial charge is 0.330 e. The average Bonchev–Trinajstić information content (AvgIpc) is 3.54. The molecule has 18 nitrogen and oxygen atoms in total.